The molecular formula is C16H22F4N2. The minimum Gasteiger partial charge on any atom is -0.293 e. The van der Waals surface area contributed by atoms with Crippen LogP contribution < -0.4 is 0 Å². The quantitative estimate of drug-likeness (QED) is 0.617. The SMILES string of the molecule is CC.CC.Cc1nc(C(F)(F)F)n(-c2ccc(F)cc2)c1C. The minimum atomic E-state index is -4.55. The molecule has 22 heavy (non-hydrogen) atoms. The lowest BCUT2D eigenvalue weighted by molar-refractivity contribution is -0.146. The van der Waals surface area contributed by atoms with Crippen LogP contribution in [0, 0.1) is 19.7 Å². The van der Waals surface area contributed by atoms with Gasteiger partial charge in [-0.3, -0.25) is 4.57 Å². The first-order valence-corrected chi connectivity index (χ1v) is 7.20. The van der Waals surface area contributed by atoms with Gasteiger partial charge in [0.15, 0.2) is 0 Å². The van der Waals surface area contributed by atoms with E-state index in [1.165, 1.54) is 19.1 Å². The molecule has 1 aromatic heterocycles. The third kappa shape index (κ3) is 4.58. The van der Waals surface area contributed by atoms with Gasteiger partial charge in [0.2, 0.25) is 5.82 Å². The Morgan fingerprint density at radius 3 is 1.77 bits per heavy atom. The van der Waals surface area contributed by atoms with E-state index < -0.39 is 17.8 Å². The van der Waals surface area contributed by atoms with Crippen LogP contribution in [0.1, 0.15) is 44.9 Å². The lowest BCUT2D eigenvalue weighted by atomic mass is 10.3. The first-order chi connectivity index (χ1) is 10.3. The van der Waals surface area contributed by atoms with E-state index in [9.17, 15) is 17.6 Å². The molecule has 0 saturated heterocycles. The second-order valence-corrected chi connectivity index (χ2v) is 3.92. The first kappa shape index (κ1) is 20.1. The largest absolute Gasteiger partial charge is 0.450 e. The Morgan fingerprint density at radius 2 is 1.36 bits per heavy atom. The number of aryl methyl sites for hydroxylation is 1. The molecule has 0 atom stereocenters. The summed E-state index contributed by atoms with van der Waals surface area (Å²) in [6.07, 6.45) is -4.55. The molecule has 0 N–H and O–H groups in total. The van der Waals surface area contributed by atoms with E-state index in [2.05, 4.69) is 4.98 Å². The summed E-state index contributed by atoms with van der Waals surface area (Å²) in [5, 5.41) is 0. The number of nitrogens with zero attached hydrogens (tertiary/aromatic N) is 2. The van der Waals surface area contributed by atoms with E-state index in [4.69, 9.17) is 0 Å². The minimum absolute atomic E-state index is 0.238. The third-order valence-corrected chi connectivity index (χ3v) is 2.68. The van der Waals surface area contributed by atoms with Crippen molar-refractivity contribution in [1.29, 1.82) is 0 Å². The molecule has 0 fully saturated rings. The van der Waals surface area contributed by atoms with Crippen molar-refractivity contribution in [2.24, 2.45) is 0 Å². The van der Waals surface area contributed by atoms with Gasteiger partial charge in [-0.25, -0.2) is 9.37 Å². The van der Waals surface area contributed by atoms with Gasteiger partial charge < -0.3 is 0 Å². The van der Waals surface area contributed by atoms with Gasteiger partial charge >= 0.3 is 6.18 Å². The molecule has 0 aliphatic carbocycles. The van der Waals surface area contributed by atoms with Crippen LogP contribution in [-0.4, -0.2) is 9.55 Å². The molecule has 6 heteroatoms. The highest BCUT2D eigenvalue weighted by Gasteiger charge is 2.38. The van der Waals surface area contributed by atoms with Crippen molar-refractivity contribution in [3.8, 4) is 5.69 Å². The van der Waals surface area contributed by atoms with E-state index in [-0.39, 0.29) is 5.69 Å². The van der Waals surface area contributed by atoms with Gasteiger partial charge in [0.25, 0.3) is 0 Å². The predicted molar refractivity (Wildman–Crippen MR) is 80.7 cm³/mol. The van der Waals surface area contributed by atoms with E-state index in [0.29, 0.717) is 11.4 Å². The molecule has 124 valence electrons. The standard InChI is InChI=1S/C12H10F4N2.2C2H6/c1-7-8(2)18(11(17-7)12(14,15)16)10-5-3-9(13)4-6-10;2*1-2/h3-6H,1-2H3;2*1-2H3. The predicted octanol–water partition coefficient (Wildman–Crippen LogP) is 5.70. The molecule has 0 bridgehead atoms. The van der Waals surface area contributed by atoms with Crippen LogP contribution in [0.4, 0.5) is 17.6 Å². The Hall–Kier alpha value is -1.85. The first-order valence-electron chi connectivity index (χ1n) is 7.20. The van der Waals surface area contributed by atoms with Crippen LogP contribution >= 0.6 is 0 Å². The zero-order valence-corrected chi connectivity index (χ0v) is 13.7. The Balaban J connectivity index is 0.00000102. The van der Waals surface area contributed by atoms with Gasteiger partial charge in [-0.2, -0.15) is 13.2 Å². The van der Waals surface area contributed by atoms with E-state index in [0.717, 1.165) is 16.7 Å². The van der Waals surface area contributed by atoms with Crippen LogP contribution in [-0.2, 0) is 6.18 Å². The molecule has 0 unspecified atom stereocenters. The van der Waals surface area contributed by atoms with Crippen molar-refractivity contribution in [2.45, 2.75) is 47.7 Å². The number of alkyl halides is 3. The van der Waals surface area contributed by atoms with Crippen molar-refractivity contribution in [2.75, 3.05) is 0 Å². The molecule has 0 radical (unpaired) electrons. The van der Waals surface area contributed by atoms with Gasteiger partial charge in [-0.15, -0.1) is 0 Å². The highest BCUT2D eigenvalue weighted by molar-refractivity contribution is 5.38. The zero-order valence-electron chi connectivity index (χ0n) is 13.7. The second-order valence-electron chi connectivity index (χ2n) is 3.92. The van der Waals surface area contributed by atoms with Gasteiger partial charge in [-0.05, 0) is 38.1 Å². The molecule has 2 aromatic rings. The summed E-state index contributed by atoms with van der Waals surface area (Å²) in [6.45, 7) is 11.0. The smallest absolute Gasteiger partial charge is 0.293 e. The van der Waals surface area contributed by atoms with Crippen molar-refractivity contribution >= 4 is 0 Å². The molecule has 2 rings (SSSR count). The molecular weight excluding hydrogens is 296 g/mol. The number of rotatable bonds is 1. The van der Waals surface area contributed by atoms with E-state index >= 15 is 0 Å². The molecule has 0 amide bonds. The molecule has 1 aromatic carbocycles. The summed E-state index contributed by atoms with van der Waals surface area (Å²) in [7, 11) is 0. The Bertz CT molecular complexity index is 569. The van der Waals surface area contributed by atoms with E-state index in [1.54, 1.807) is 6.92 Å². The molecule has 2 nitrogen and oxygen atoms in total. The molecule has 0 aliphatic heterocycles. The lowest BCUT2D eigenvalue weighted by Crippen LogP contribution is -2.14. The summed E-state index contributed by atoms with van der Waals surface area (Å²) >= 11 is 0. The maximum Gasteiger partial charge on any atom is 0.450 e. The van der Waals surface area contributed by atoms with Crippen molar-refractivity contribution in [3.05, 3.63) is 47.3 Å². The number of halogens is 4. The Labute approximate surface area is 128 Å². The average Bonchev–Trinajstić information content (AvgIpc) is 2.80. The fourth-order valence-corrected chi connectivity index (χ4v) is 1.71. The van der Waals surface area contributed by atoms with Crippen LogP contribution in [0.25, 0.3) is 5.69 Å². The maximum absolute atomic E-state index is 12.8. The van der Waals surface area contributed by atoms with Crippen LogP contribution in [0.5, 0.6) is 0 Å². The normalized spacial score (nSPS) is 10.3. The van der Waals surface area contributed by atoms with Crippen LogP contribution in [0.15, 0.2) is 24.3 Å². The monoisotopic (exact) mass is 318 g/mol. The number of imidazole rings is 1. The van der Waals surface area contributed by atoms with Crippen LogP contribution in [0.3, 0.4) is 0 Å². The topological polar surface area (TPSA) is 17.8 Å². The molecule has 1 heterocycles. The van der Waals surface area contributed by atoms with Gasteiger partial charge in [0, 0.05) is 11.4 Å². The van der Waals surface area contributed by atoms with E-state index in [1.807, 2.05) is 27.7 Å². The maximum atomic E-state index is 12.8. The van der Waals surface area contributed by atoms with Crippen molar-refractivity contribution < 1.29 is 17.6 Å². The highest BCUT2D eigenvalue weighted by Crippen LogP contribution is 2.32. The highest BCUT2D eigenvalue weighted by atomic mass is 19.4. The average molecular weight is 318 g/mol. The molecule has 0 saturated carbocycles. The summed E-state index contributed by atoms with van der Waals surface area (Å²) in [4.78, 5) is 3.52. The summed E-state index contributed by atoms with van der Waals surface area (Å²) < 4.78 is 52.3. The number of aromatic nitrogens is 2. The molecule has 0 spiro atoms. The lowest BCUT2D eigenvalue weighted by Gasteiger charge is -2.12. The third-order valence-electron chi connectivity index (χ3n) is 2.68. The Kier molecular flexibility index (Phi) is 7.84. The van der Waals surface area contributed by atoms with Crippen LogP contribution in [0.2, 0.25) is 0 Å². The van der Waals surface area contributed by atoms with Gasteiger partial charge in [-0.1, -0.05) is 27.7 Å². The van der Waals surface area contributed by atoms with Crippen molar-refractivity contribution in [1.82, 2.24) is 9.55 Å². The van der Waals surface area contributed by atoms with Gasteiger partial charge in [0.05, 0.1) is 5.69 Å². The summed E-state index contributed by atoms with van der Waals surface area (Å²) in [6, 6.07) is 4.81. The Morgan fingerprint density at radius 1 is 0.909 bits per heavy atom. The number of hydrogen-bond acceptors (Lipinski definition) is 1. The summed E-state index contributed by atoms with van der Waals surface area (Å²) in [5.41, 5.74) is 0.919. The zero-order chi connectivity index (χ0) is 17.5. The number of hydrogen-bond donors (Lipinski definition) is 0. The molecule has 0 aliphatic rings. The second kappa shape index (κ2) is 8.56. The van der Waals surface area contributed by atoms with Crippen molar-refractivity contribution in [3.63, 3.8) is 0 Å². The fourth-order valence-electron chi connectivity index (χ4n) is 1.71. The van der Waals surface area contributed by atoms with Gasteiger partial charge in [0.1, 0.15) is 5.82 Å². The fraction of sp³-hybridized carbons (Fsp3) is 0.438. The summed E-state index contributed by atoms with van der Waals surface area (Å²) in [5.74, 6) is -1.49. The number of benzene rings is 1.